The van der Waals surface area contributed by atoms with E-state index in [1.807, 2.05) is 55.7 Å². The second-order valence-electron chi connectivity index (χ2n) is 13.8. The fourth-order valence-corrected chi connectivity index (χ4v) is 8.12. The van der Waals surface area contributed by atoms with Gasteiger partial charge in [0.15, 0.2) is 12.4 Å². The Morgan fingerprint density at radius 2 is 1.15 bits per heavy atom. The van der Waals surface area contributed by atoms with Crippen LogP contribution in [0.3, 0.4) is 0 Å². The highest BCUT2D eigenvalue weighted by Gasteiger charge is 2.38. The number of benzene rings is 2. The number of carbonyl (C=O) groups excluding carboxylic acids is 2. The zero-order chi connectivity index (χ0) is 38.1. The number of rotatable bonds is 9. The first-order valence-corrected chi connectivity index (χ1v) is 18.9. The molecule has 1 aromatic heterocycles. The standard InChI is InChI=1S/C22H27N5OS.C18H25N5O/c1-16-8-9-19(29-16)20(28)25-14-22(17-6-4-3-5-7-17)12-10-18(11-13-22)27-21(24-2)26-15-23;1-14(24)21-12-18(15-6-4-3-5-7-15)10-8-16(9-11-18)23-17(20-2)22-13-19/h3-9,18H,10-14H2,1-2H3,(H,25,28)(H2,24,26,27);3-7,16H,8-12H2,1-2H3,(H,21,24)(H2,20,22,23). The summed E-state index contributed by atoms with van der Waals surface area (Å²) in [7, 11) is 3.31. The van der Waals surface area contributed by atoms with Gasteiger partial charge in [-0.15, -0.1) is 11.3 Å². The second-order valence-corrected chi connectivity index (χ2v) is 15.0. The molecular formula is C40H52N10O2S. The third kappa shape index (κ3) is 11.5. The summed E-state index contributed by atoms with van der Waals surface area (Å²) < 4.78 is 0. The third-order valence-corrected chi connectivity index (χ3v) is 11.4. The van der Waals surface area contributed by atoms with Crippen molar-refractivity contribution in [3.05, 3.63) is 93.7 Å². The van der Waals surface area contributed by atoms with Crippen molar-refractivity contribution in [3.63, 3.8) is 0 Å². The maximum absolute atomic E-state index is 12.6. The molecule has 0 aliphatic heterocycles. The van der Waals surface area contributed by atoms with E-state index in [4.69, 9.17) is 10.5 Å². The Kier molecular flexibility index (Phi) is 15.2. The van der Waals surface area contributed by atoms with Gasteiger partial charge in [-0.3, -0.25) is 30.2 Å². The number of nitrogens with zero attached hydrogens (tertiary/aromatic N) is 4. The number of amides is 2. The molecule has 2 aromatic carbocycles. The van der Waals surface area contributed by atoms with Crippen LogP contribution in [0.4, 0.5) is 0 Å². The van der Waals surface area contributed by atoms with E-state index >= 15 is 0 Å². The molecule has 6 N–H and O–H groups in total. The van der Waals surface area contributed by atoms with E-state index in [0.717, 1.165) is 61.1 Å². The van der Waals surface area contributed by atoms with Crippen molar-refractivity contribution in [2.45, 2.75) is 88.1 Å². The molecule has 0 saturated heterocycles. The molecular weight excluding hydrogens is 685 g/mol. The summed E-state index contributed by atoms with van der Waals surface area (Å²) in [5.74, 6) is 1.02. The number of thiophene rings is 1. The minimum atomic E-state index is -0.0897. The smallest absolute Gasteiger partial charge is 0.261 e. The molecule has 2 fully saturated rings. The van der Waals surface area contributed by atoms with Crippen molar-refractivity contribution < 1.29 is 9.59 Å². The van der Waals surface area contributed by atoms with Crippen molar-refractivity contribution in [2.24, 2.45) is 9.98 Å². The third-order valence-electron chi connectivity index (χ3n) is 10.4. The minimum Gasteiger partial charge on any atom is -0.355 e. The van der Waals surface area contributed by atoms with Crippen LogP contribution in [0, 0.1) is 29.8 Å². The Hall–Kier alpha value is -5.40. The Balaban J connectivity index is 0.000000241. The van der Waals surface area contributed by atoms with Crippen LogP contribution in [0.1, 0.15) is 84.0 Å². The van der Waals surface area contributed by atoms with Crippen LogP contribution in [0.2, 0.25) is 0 Å². The van der Waals surface area contributed by atoms with Gasteiger partial charge in [-0.25, -0.2) is 0 Å². The summed E-state index contributed by atoms with van der Waals surface area (Å²) in [4.78, 5) is 34.0. The average molecular weight is 737 g/mol. The van der Waals surface area contributed by atoms with E-state index in [0.29, 0.717) is 25.0 Å². The van der Waals surface area contributed by atoms with Gasteiger partial charge in [0.25, 0.3) is 5.91 Å². The number of carbonyl (C=O) groups is 2. The van der Waals surface area contributed by atoms with E-state index in [1.54, 1.807) is 21.0 Å². The molecule has 0 unspecified atom stereocenters. The van der Waals surface area contributed by atoms with E-state index in [9.17, 15) is 9.59 Å². The monoisotopic (exact) mass is 736 g/mol. The number of aryl methyl sites for hydroxylation is 1. The van der Waals surface area contributed by atoms with E-state index < -0.39 is 0 Å². The van der Waals surface area contributed by atoms with Gasteiger partial charge in [0.05, 0.1) is 4.88 Å². The van der Waals surface area contributed by atoms with Gasteiger partial charge in [-0.05, 0) is 81.5 Å². The van der Waals surface area contributed by atoms with Gasteiger partial charge >= 0.3 is 0 Å². The Labute approximate surface area is 317 Å². The number of hydrogen-bond donors (Lipinski definition) is 6. The molecule has 280 valence electrons. The van der Waals surface area contributed by atoms with Crippen LogP contribution in [-0.4, -0.2) is 63.0 Å². The summed E-state index contributed by atoms with van der Waals surface area (Å²) >= 11 is 1.52. The highest BCUT2D eigenvalue weighted by molar-refractivity contribution is 7.13. The maximum atomic E-state index is 12.6. The second kappa shape index (κ2) is 20.0. The molecule has 5 rings (SSSR count). The fraction of sp³-hybridized carbons (Fsp3) is 0.450. The molecule has 2 aliphatic carbocycles. The minimum absolute atomic E-state index is 0.00252. The first-order valence-electron chi connectivity index (χ1n) is 18.1. The van der Waals surface area contributed by atoms with Gasteiger partial charge in [0, 0.05) is 61.9 Å². The van der Waals surface area contributed by atoms with E-state index in [2.05, 4.69) is 78.3 Å². The molecule has 2 aliphatic rings. The van der Waals surface area contributed by atoms with Gasteiger partial charge in [0.1, 0.15) is 0 Å². The van der Waals surface area contributed by atoms with Crippen molar-refractivity contribution in [1.82, 2.24) is 31.9 Å². The molecule has 53 heavy (non-hydrogen) atoms. The molecule has 2 saturated carbocycles. The van der Waals surface area contributed by atoms with Crippen LogP contribution in [-0.2, 0) is 15.6 Å². The normalized spacial score (nSPS) is 22.8. The van der Waals surface area contributed by atoms with Crippen LogP contribution >= 0.6 is 11.3 Å². The van der Waals surface area contributed by atoms with Crippen LogP contribution in [0.5, 0.6) is 0 Å². The van der Waals surface area contributed by atoms with Gasteiger partial charge in [0.2, 0.25) is 17.8 Å². The number of aliphatic imine (C=N–C) groups is 2. The zero-order valence-corrected chi connectivity index (χ0v) is 32.0. The highest BCUT2D eigenvalue weighted by Crippen LogP contribution is 2.40. The predicted molar refractivity (Wildman–Crippen MR) is 211 cm³/mol. The molecule has 0 atom stereocenters. The SMILES string of the molecule is CN=C(NC#N)NC1CCC(CNC(=O)c2ccc(C)s2)(c2ccccc2)CC1.CN=C(NC#N)NC1CCC(CNC(C)=O)(c2ccccc2)CC1. The van der Waals surface area contributed by atoms with Crippen molar-refractivity contribution in [3.8, 4) is 12.4 Å². The highest BCUT2D eigenvalue weighted by atomic mass is 32.1. The predicted octanol–water partition coefficient (Wildman–Crippen LogP) is 4.96. The lowest BCUT2D eigenvalue weighted by molar-refractivity contribution is -0.119. The maximum Gasteiger partial charge on any atom is 0.261 e. The van der Waals surface area contributed by atoms with Gasteiger partial charge < -0.3 is 21.3 Å². The summed E-state index contributed by atoms with van der Waals surface area (Å²) in [5.41, 5.74) is 2.42. The van der Waals surface area contributed by atoms with Crippen LogP contribution < -0.4 is 31.9 Å². The molecule has 2 amide bonds. The Morgan fingerprint density at radius 3 is 1.51 bits per heavy atom. The summed E-state index contributed by atoms with van der Waals surface area (Å²) in [6.07, 6.45) is 11.4. The Bertz CT molecular complexity index is 1760. The average Bonchev–Trinajstić information content (AvgIpc) is 3.64. The molecule has 0 bridgehead atoms. The molecule has 12 nitrogen and oxygen atoms in total. The van der Waals surface area contributed by atoms with Crippen LogP contribution in [0.15, 0.2) is 82.8 Å². The zero-order valence-electron chi connectivity index (χ0n) is 31.2. The van der Waals surface area contributed by atoms with Gasteiger partial charge in [-0.2, -0.15) is 10.5 Å². The number of guanidine groups is 2. The summed E-state index contributed by atoms with van der Waals surface area (Å²) in [6.45, 7) is 4.84. The number of nitrogens with one attached hydrogen (secondary N) is 6. The van der Waals surface area contributed by atoms with E-state index in [1.165, 1.54) is 22.5 Å². The van der Waals surface area contributed by atoms with Crippen molar-refractivity contribution in [2.75, 3.05) is 27.2 Å². The van der Waals surface area contributed by atoms with Crippen molar-refractivity contribution >= 4 is 35.1 Å². The summed E-state index contributed by atoms with van der Waals surface area (Å²) in [6, 6.07) is 25.3. The number of hydrogen-bond acceptors (Lipinski definition) is 7. The van der Waals surface area contributed by atoms with Crippen LogP contribution in [0.25, 0.3) is 0 Å². The topological polar surface area (TPSA) is 179 Å². The quantitative estimate of drug-likeness (QED) is 0.0773. The van der Waals surface area contributed by atoms with E-state index in [-0.39, 0.29) is 34.7 Å². The summed E-state index contributed by atoms with van der Waals surface area (Å²) in [5, 5.41) is 35.5. The molecule has 0 spiro atoms. The largest absolute Gasteiger partial charge is 0.355 e. The lowest BCUT2D eigenvalue weighted by Crippen LogP contribution is -2.49. The first kappa shape index (κ1) is 40.4. The fourth-order valence-electron chi connectivity index (χ4n) is 7.34. The molecule has 13 heteroatoms. The van der Waals surface area contributed by atoms with Gasteiger partial charge in [-0.1, -0.05) is 60.7 Å². The lowest BCUT2D eigenvalue weighted by Gasteiger charge is -2.41. The molecule has 0 radical (unpaired) electrons. The van der Waals surface area contributed by atoms with Crippen molar-refractivity contribution in [1.29, 1.82) is 10.5 Å². The molecule has 3 aromatic rings. The first-order chi connectivity index (χ1) is 25.7. The number of nitriles is 2. The Morgan fingerprint density at radius 1 is 0.717 bits per heavy atom. The lowest BCUT2D eigenvalue weighted by atomic mass is 9.68. The molecule has 1 heterocycles.